The largest absolute Gasteiger partial charge is 0.497 e. The molecule has 0 radical (unpaired) electrons. The Kier molecular flexibility index (Phi) is 9.48. The zero-order chi connectivity index (χ0) is 46.2. The van der Waals surface area contributed by atoms with Crippen LogP contribution >= 0.6 is 0 Å². The molecule has 0 N–H and O–H groups in total. The summed E-state index contributed by atoms with van der Waals surface area (Å²) in [5.41, 5.74) is 12.7. The first-order valence-electron chi connectivity index (χ1n) is 23.6. The van der Waals surface area contributed by atoms with Crippen LogP contribution in [0.1, 0.15) is 5.56 Å². The van der Waals surface area contributed by atoms with Crippen LogP contribution in [-0.4, -0.2) is 14.2 Å². The number of hydrogen-bond acceptors (Lipinski definition) is 4. The van der Waals surface area contributed by atoms with Crippen molar-refractivity contribution >= 4 is 98.8 Å². The van der Waals surface area contributed by atoms with Crippen molar-refractivity contribution in [2.24, 2.45) is 0 Å². The molecule has 13 rings (SSSR count). The van der Waals surface area contributed by atoms with Gasteiger partial charge in [0.25, 0.3) is 0 Å². The number of rotatable bonds is 10. The minimum absolute atomic E-state index is 0.826. The van der Waals surface area contributed by atoms with Crippen molar-refractivity contribution in [3.8, 4) is 33.8 Å². The fourth-order valence-corrected chi connectivity index (χ4v) is 11.2. The lowest BCUT2D eigenvalue weighted by Gasteiger charge is -2.27. The molecule has 0 saturated heterocycles. The summed E-state index contributed by atoms with van der Waals surface area (Å²) in [4.78, 5) is 4.77. The second-order valence-electron chi connectivity index (χ2n) is 17.9. The summed E-state index contributed by atoms with van der Waals surface area (Å²) in [6, 6.07) is 81.7. The molecular weight excluding hydrogens is 841 g/mol. The topological polar surface area (TPSA) is 24.9 Å². The van der Waals surface area contributed by atoms with E-state index in [0.29, 0.717) is 0 Å². The Labute approximate surface area is 401 Å². The molecule has 0 atom stereocenters. The normalized spacial score (nSPS) is 11.7. The van der Waals surface area contributed by atoms with Crippen LogP contribution < -0.4 is 19.3 Å². The lowest BCUT2D eigenvalue weighted by atomic mass is 9.87. The van der Waals surface area contributed by atoms with Crippen LogP contribution in [0.3, 0.4) is 0 Å². The molecule has 0 heterocycles. The fraction of sp³-hybridized carbons (Fsp3) is 0.0462. The van der Waals surface area contributed by atoms with Crippen LogP contribution in [-0.2, 0) is 0 Å². The van der Waals surface area contributed by atoms with Gasteiger partial charge in [0.1, 0.15) is 11.5 Å². The standard InChI is InChI=1S/C65H46N2O2/c1-41-25-27-45(28-26-41)67(47-31-35-49(69-3)36-32-47)57-40-38-55-61-51(57)22-14-24-53(61)63-58(42-15-7-4-8-16-42)62-52-23-13-21-50-56(66(44-19-11-6-12-20-44)46-29-33-48(68-2)34-30-46)39-37-54(60(50)52)64(62)59(65(55)63)43-17-9-5-10-18-43/h4-40H,1-3H3. The van der Waals surface area contributed by atoms with Crippen molar-refractivity contribution in [1.29, 1.82) is 0 Å². The Balaban J connectivity index is 1.18. The molecule has 0 amide bonds. The van der Waals surface area contributed by atoms with E-state index >= 15 is 0 Å². The van der Waals surface area contributed by atoms with Crippen molar-refractivity contribution in [2.75, 3.05) is 24.0 Å². The molecule has 328 valence electrons. The van der Waals surface area contributed by atoms with E-state index in [1.165, 1.54) is 92.5 Å². The smallest absolute Gasteiger partial charge is 0.119 e. The Morgan fingerprint density at radius 3 is 1.00 bits per heavy atom. The first-order valence-corrected chi connectivity index (χ1v) is 23.6. The lowest BCUT2D eigenvalue weighted by molar-refractivity contribution is 0.414. The second kappa shape index (κ2) is 16.2. The van der Waals surface area contributed by atoms with Gasteiger partial charge in [-0.2, -0.15) is 0 Å². The minimum Gasteiger partial charge on any atom is -0.497 e. The van der Waals surface area contributed by atoms with Gasteiger partial charge in [-0.1, -0.05) is 145 Å². The Bertz CT molecular complexity index is 3910. The highest BCUT2D eigenvalue weighted by atomic mass is 16.5. The Morgan fingerprint density at radius 1 is 0.275 bits per heavy atom. The average molecular weight is 887 g/mol. The number of anilines is 6. The predicted octanol–water partition coefficient (Wildman–Crippen LogP) is 18.1. The molecule has 4 nitrogen and oxygen atoms in total. The van der Waals surface area contributed by atoms with E-state index in [2.05, 4.69) is 217 Å². The zero-order valence-electron chi connectivity index (χ0n) is 38.6. The molecule has 4 heteroatoms. The third kappa shape index (κ3) is 6.29. The van der Waals surface area contributed by atoms with Gasteiger partial charge in [0.15, 0.2) is 0 Å². The lowest BCUT2D eigenvalue weighted by Crippen LogP contribution is -2.10. The minimum atomic E-state index is 0.826. The molecular formula is C65H46N2O2. The maximum absolute atomic E-state index is 5.63. The summed E-state index contributed by atoms with van der Waals surface area (Å²) in [6.07, 6.45) is 0. The number of hydrogen-bond donors (Lipinski definition) is 0. The first kappa shape index (κ1) is 40.4. The Hall–Kier alpha value is -8.86. The van der Waals surface area contributed by atoms with Gasteiger partial charge in [-0.15, -0.1) is 0 Å². The van der Waals surface area contributed by atoms with Crippen molar-refractivity contribution in [2.45, 2.75) is 6.92 Å². The highest BCUT2D eigenvalue weighted by Gasteiger charge is 2.30. The first-order chi connectivity index (χ1) is 34.1. The summed E-state index contributed by atoms with van der Waals surface area (Å²) in [5.74, 6) is 1.65. The van der Waals surface area contributed by atoms with Crippen molar-refractivity contribution in [3.63, 3.8) is 0 Å². The van der Waals surface area contributed by atoms with Crippen LogP contribution in [0.15, 0.2) is 224 Å². The average Bonchev–Trinajstić information content (AvgIpc) is 3.93. The van der Waals surface area contributed by atoms with E-state index in [0.717, 1.165) is 45.6 Å². The van der Waals surface area contributed by atoms with Crippen LogP contribution in [0.4, 0.5) is 34.1 Å². The van der Waals surface area contributed by atoms with Crippen LogP contribution in [0.5, 0.6) is 11.5 Å². The predicted molar refractivity (Wildman–Crippen MR) is 292 cm³/mol. The number of aryl methyl sites for hydroxylation is 1. The summed E-state index contributed by atoms with van der Waals surface area (Å²) in [5, 5.41) is 15.0. The van der Waals surface area contributed by atoms with Gasteiger partial charge >= 0.3 is 0 Å². The SMILES string of the molecule is COc1ccc(N(c2ccccc2)c2ccc3c4c(-c5ccccc5)c5c6ccc(N(c7ccc(C)cc7)c7ccc(OC)cc7)c7cccc(c5c(-c5ccccc5)c4c4cccc2c43)c76)cc1. The van der Waals surface area contributed by atoms with Crippen LogP contribution in [0, 0.1) is 6.92 Å². The summed E-state index contributed by atoms with van der Waals surface area (Å²) in [6.45, 7) is 2.14. The van der Waals surface area contributed by atoms with Crippen LogP contribution in [0.2, 0.25) is 0 Å². The maximum Gasteiger partial charge on any atom is 0.119 e. The molecule has 69 heavy (non-hydrogen) atoms. The van der Waals surface area contributed by atoms with Gasteiger partial charge in [0.05, 0.1) is 25.6 Å². The summed E-state index contributed by atoms with van der Waals surface area (Å²) >= 11 is 0. The number of benzene rings is 11. The molecule has 0 bridgehead atoms. The van der Waals surface area contributed by atoms with Crippen LogP contribution in [0.25, 0.3) is 86.9 Å². The molecule has 0 spiro atoms. The molecule has 0 unspecified atom stereocenters. The fourth-order valence-electron chi connectivity index (χ4n) is 11.2. The quantitative estimate of drug-likeness (QED) is 0.137. The number of para-hydroxylation sites is 1. The third-order valence-electron chi connectivity index (χ3n) is 14.2. The molecule has 0 aliphatic heterocycles. The summed E-state index contributed by atoms with van der Waals surface area (Å²) < 4.78 is 11.2. The van der Waals surface area contributed by atoms with Gasteiger partial charge in [0.2, 0.25) is 0 Å². The number of fused-ring (bicyclic) bond motifs is 6. The van der Waals surface area contributed by atoms with Gasteiger partial charge in [-0.05, 0) is 168 Å². The highest BCUT2D eigenvalue weighted by Crippen LogP contribution is 2.57. The van der Waals surface area contributed by atoms with Gasteiger partial charge in [0, 0.05) is 33.5 Å². The van der Waals surface area contributed by atoms with Gasteiger partial charge in [-0.25, -0.2) is 0 Å². The van der Waals surface area contributed by atoms with Crippen molar-refractivity contribution < 1.29 is 9.47 Å². The van der Waals surface area contributed by atoms with Crippen molar-refractivity contribution in [1.82, 2.24) is 0 Å². The summed E-state index contributed by atoms with van der Waals surface area (Å²) in [7, 11) is 3.44. The van der Waals surface area contributed by atoms with E-state index in [1.54, 1.807) is 14.2 Å². The maximum atomic E-state index is 5.63. The van der Waals surface area contributed by atoms with E-state index in [4.69, 9.17) is 9.47 Å². The number of methoxy groups -OCH3 is 2. The van der Waals surface area contributed by atoms with Gasteiger partial charge < -0.3 is 19.3 Å². The molecule has 13 aromatic rings. The molecule has 0 aliphatic carbocycles. The molecule has 13 aromatic carbocycles. The molecule has 0 saturated carbocycles. The zero-order valence-corrected chi connectivity index (χ0v) is 38.6. The van der Waals surface area contributed by atoms with E-state index in [-0.39, 0.29) is 0 Å². The Morgan fingerprint density at radius 2 is 0.609 bits per heavy atom. The van der Waals surface area contributed by atoms with Gasteiger partial charge in [-0.3, -0.25) is 0 Å². The van der Waals surface area contributed by atoms with E-state index < -0.39 is 0 Å². The second-order valence-corrected chi connectivity index (χ2v) is 17.9. The highest BCUT2D eigenvalue weighted by molar-refractivity contribution is 6.47. The van der Waals surface area contributed by atoms with Crippen molar-refractivity contribution in [3.05, 3.63) is 230 Å². The number of nitrogens with zero attached hydrogens (tertiary/aromatic N) is 2. The van der Waals surface area contributed by atoms with E-state index in [1.807, 2.05) is 24.3 Å². The molecule has 0 fully saturated rings. The molecule has 0 aliphatic rings. The number of ether oxygens (including phenoxy) is 2. The monoisotopic (exact) mass is 886 g/mol. The third-order valence-corrected chi connectivity index (χ3v) is 14.2. The molecule has 0 aromatic heterocycles. The van der Waals surface area contributed by atoms with E-state index in [9.17, 15) is 0 Å².